The Hall–Kier alpha value is -0.180. The van der Waals surface area contributed by atoms with Gasteiger partial charge in [-0.05, 0) is 26.9 Å². The highest BCUT2D eigenvalue weighted by Crippen LogP contribution is 2.20. The van der Waals surface area contributed by atoms with Gasteiger partial charge in [-0.3, -0.25) is 9.41 Å². The second-order valence-electron chi connectivity index (χ2n) is 3.26. The molecule has 0 amide bonds. The molecule has 0 aliphatic heterocycles. The third-order valence-electron chi connectivity index (χ3n) is 2.30. The van der Waals surface area contributed by atoms with Crippen LogP contribution in [-0.4, -0.2) is 25.0 Å². The lowest BCUT2D eigenvalue weighted by Crippen LogP contribution is -2.29. The minimum Gasteiger partial charge on any atom is -0.306 e. The van der Waals surface area contributed by atoms with Crippen LogP contribution >= 0.6 is 0 Å². The average Bonchev–Trinajstić information content (AvgIpc) is 1.90. The molecule has 1 nitrogen and oxygen atoms in total. The standard InChI is InChI=1S/C8H17N.2FH/c1-9(2)8-6-4-3-5-7-8;;/h8H,3-7H2,1-2H3;2*1H. The van der Waals surface area contributed by atoms with Gasteiger partial charge in [0.2, 0.25) is 0 Å². The molecule has 0 aromatic carbocycles. The lowest BCUT2D eigenvalue weighted by atomic mass is 9.95. The first-order valence-electron chi connectivity index (χ1n) is 3.97. The summed E-state index contributed by atoms with van der Waals surface area (Å²) in [4.78, 5) is 2.36. The molecule has 0 atom stereocenters. The minimum atomic E-state index is 0. The normalized spacial score (nSPS) is 18.8. The Bertz CT molecular complexity index is 80.2. The SMILES string of the molecule is CN(C)C1CCCCC1.F.F. The van der Waals surface area contributed by atoms with Crippen molar-refractivity contribution in [3.8, 4) is 0 Å². The maximum absolute atomic E-state index is 2.36. The van der Waals surface area contributed by atoms with E-state index in [1.807, 2.05) is 0 Å². The van der Waals surface area contributed by atoms with Crippen LogP contribution in [-0.2, 0) is 0 Å². The topological polar surface area (TPSA) is 3.24 Å². The number of nitrogens with zero attached hydrogens (tertiary/aromatic N) is 1. The maximum Gasteiger partial charge on any atom is 0.00891 e. The van der Waals surface area contributed by atoms with Gasteiger partial charge in [0, 0.05) is 6.04 Å². The Morgan fingerprint density at radius 1 is 0.909 bits per heavy atom. The summed E-state index contributed by atoms with van der Waals surface area (Å²) in [5.41, 5.74) is 0. The van der Waals surface area contributed by atoms with Gasteiger partial charge >= 0.3 is 0 Å². The third kappa shape index (κ3) is 4.30. The van der Waals surface area contributed by atoms with Gasteiger partial charge in [0.1, 0.15) is 0 Å². The van der Waals surface area contributed by atoms with Crippen LogP contribution < -0.4 is 0 Å². The predicted octanol–water partition coefficient (Wildman–Crippen LogP) is 2.19. The fraction of sp³-hybridized carbons (Fsp3) is 1.00. The summed E-state index contributed by atoms with van der Waals surface area (Å²) in [5.74, 6) is 0. The summed E-state index contributed by atoms with van der Waals surface area (Å²) in [6.45, 7) is 0. The van der Waals surface area contributed by atoms with Gasteiger partial charge in [0.25, 0.3) is 0 Å². The molecular weight excluding hydrogens is 148 g/mol. The Morgan fingerprint density at radius 2 is 1.36 bits per heavy atom. The quantitative estimate of drug-likeness (QED) is 0.578. The van der Waals surface area contributed by atoms with Gasteiger partial charge in [0.15, 0.2) is 0 Å². The molecule has 1 saturated carbocycles. The monoisotopic (exact) mass is 167 g/mol. The maximum atomic E-state index is 2.36. The van der Waals surface area contributed by atoms with Crippen molar-refractivity contribution in [3.05, 3.63) is 0 Å². The lowest BCUT2D eigenvalue weighted by Gasteiger charge is -2.27. The van der Waals surface area contributed by atoms with Crippen molar-refractivity contribution < 1.29 is 9.41 Å². The fourth-order valence-electron chi connectivity index (χ4n) is 1.60. The Labute approximate surface area is 67.5 Å². The van der Waals surface area contributed by atoms with Crippen LogP contribution in [0.1, 0.15) is 32.1 Å². The van der Waals surface area contributed by atoms with Gasteiger partial charge < -0.3 is 4.90 Å². The molecule has 0 N–H and O–H groups in total. The van der Waals surface area contributed by atoms with Crippen LogP contribution in [0, 0.1) is 0 Å². The predicted molar refractivity (Wildman–Crippen MR) is 45.6 cm³/mol. The van der Waals surface area contributed by atoms with Gasteiger partial charge in [-0.15, -0.1) is 0 Å². The van der Waals surface area contributed by atoms with Crippen molar-refractivity contribution in [2.75, 3.05) is 14.1 Å². The first kappa shape index (κ1) is 13.4. The molecule has 1 rings (SSSR count). The summed E-state index contributed by atoms with van der Waals surface area (Å²) >= 11 is 0. The smallest absolute Gasteiger partial charge is 0.00891 e. The van der Waals surface area contributed by atoms with E-state index in [1.54, 1.807) is 0 Å². The van der Waals surface area contributed by atoms with Crippen molar-refractivity contribution in [1.82, 2.24) is 4.90 Å². The second-order valence-corrected chi connectivity index (χ2v) is 3.26. The van der Waals surface area contributed by atoms with Crippen molar-refractivity contribution >= 4 is 0 Å². The zero-order valence-corrected chi connectivity index (χ0v) is 7.38. The highest BCUT2D eigenvalue weighted by atomic mass is 19.0. The molecular formula is C8H19F2N. The number of halogens is 2. The highest BCUT2D eigenvalue weighted by Gasteiger charge is 2.13. The van der Waals surface area contributed by atoms with E-state index in [2.05, 4.69) is 19.0 Å². The first-order valence-corrected chi connectivity index (χ1v) is 3.97. The molecule has 0 aromatic heterocycles. The molecule has 1 fully saturated rings. The largest absolute Gasteiger partial charge is 0.306 e. The second kappa shape index (κ2) is 6.53. The number of hydrogen-bond donors (Lipinski definition) is 0. The van der Waals surface area contributed by atoms with E-state index in [-0.39, 0.29) is 9.41 Å². The van der Waals surface area contributed by atoms with E-state index in [9.17, 15) is 0 Å². The zero-order chi connectivity index (χ0) is 6.69. The average molecular weight is 167 g/mol. The van der Waals surface area contributed by atoms with Crippen LogP contribution in [0.25, 0.3) is 0 Å². The molecule has 1 aliphatic rings. The fourth-order valence-corrected chi connectivity index (χ4v) is 1.60. The van der Waals surface area contributed by atoms with Crippen LogP contribution in [0.15, 0.2) is 0 Å². The van der Waals surface area contributed by atoms with Gasteiger partial charge in [0.05, 0.1) is 0 Å². The van der Waals surface area contributed by atoms with Crippen LogP contribution in [0.4, 0.5) is 9.41 Å². The van der Waals surface area contributed by atoms with E-state index in [0.717, 1.165) is 6.04 Å². The van der Waals surface area contributed by atoms with Crippen LogP contribution in [0.3, 0.4) is 0 Å². The molecule has 0 spiro atoms. The molecule has 0 bridgehead atoms. The molecule has 0 saturated heterocycles. The van der Waals surface area contributed by atoms with Crippen molar-refractivity contribution in [3.63, 3.8) is 0 Å². The third-order valence-corrected chi connectivity index (χ3v) is 2.30. The molecule has 0 aromatic rings. The Morgan fingerprint density at radius 3 is 1.64 bits per heavy atom. The molecule has 70 valence electrons. The number of rotatable bonds is 1. The Kier molecular flexibility index (Phi) is 7.96. The van der Waals surface area contributed by atoms with Crippen molar-refractivity contribution in [1.29, 1.82) is 0 Å². The van der Waals surface area contributed by atoms with Crippen molar-refractivity contribution in [2.45, 2.75) is 38.1 Å². The Balaban J connectivity index is 0. The molecule has 0 radical (unpaired) electrons. The highest BCUT2D eigenvalue weighted by molar-refractivity contribution is 4.70. The molecule has 11 heavy (non-hydrogen) atoms. The summed E-state index contributed by atoms with van der Waals surface area (Å²) in [5, 5.41) is 0. The first-order chi connectivity index (χ1) is 4.30. The van der Waals surface area contributed by atoms with E-state index in [0.29, 0.717) is 0 Å². The zero-order valence-electron chi connectivity index (χ0n) is 7.38. The summed E-state index contributed by atoms with van der Waals surface area (Å²) in [6, 6.07) is 0.888. The summed E-state index contributed by atoms with van der Waals surface area (Å²) < 4.78 is 0. The molecule has 0 heterocycles. The van der Waals surface area contributed by atoms with E-state index in [4.69, 9.17) is 0 Å². The van der Waals surface area contributed by atoms with Gasteiger partial charge in [-0.2, -0.15) is 0 Å². The number of hydrogen-bond acceptors (Lipinski definition) is 1. The van der Waals surface area contributed by atoms with Crippen LogP contribution in [0.2, 0.25) is 0 Å². The van der Waals surface area contributed by atoms with Crippen molar-refractivity contribution in [2.24, 2.45) is 0 Å². The van der Waals surface area contributed by atoms with E-state index < -0.39 is 0 Å². The summed E-state index contributed by atoms with van der Waals surface area (Å²) in [7, 11) is 4.38. The summed E-state index contributed by atoms with van der Waals surface area (Å²) in [6.07, 6.45) is 7.20. The van der Waals surface area contributed by atoms with Gasteiger partial charge in [-0.1, -0.05) is 19.3 Å². The molecule has 3 heteroatoms. The molecule has 0 unspecified atom stereocenters. The lowest BCUT2D eigenvalue weighted by molar-refractivity contribution is 0.229. The van der Waals surface area contributed by atoms with E-state index >= 15 is 0 Å². The van der Waals surface area contributed by atoms with Crippen LogP contribution in [0.5, 0.6) is 0 Å². The molecule has 1 aliphatic carbocycles. The van der Waals surface area contributed by atoms with Gasteiger partial charge in [-0.25, -0.2) is 0 Å². The minimum absolute atomic E-state index is 0. The van der Waals surface area contributed by atoms with E-state index in [1.165, 1.54) is 32.1 Å².